The van der Waals surface area contributed by atoms with E-state index >= 15 is 0 Å². The smallest absolute Gasteiger partial charge is 0.136 e. The summed E-state index contributed by atoms with van der Waals surface area (Å²) in [5.41, 5.74) is 8.23. The lowest BCUT2D eigenvalue weighted by atomic mass is 9.95. The van der Waals surface area contributed by atoms with E-state index in [1.807, 2.05) is 42.5 Å². The van der Waals surface area contributed by atoms with Crippen molar-refractivity contribution in [3.63, 3.8) is 0 Å². The van der Waals surface area contributed by atoms with E-state index in [0.717, 1.165) is 34.7 Å². The predicted molar refractivity (Wildman–Crippen MR) is 79.8 cm³/mol. The fraction of sp³-hybridized carbons (Fsp3) is 0.235. The number of unbranched alkanes of at least 4 members (excludes halogenated alkanes) is 1. The van der Waals surface area contributed by atoms with Gasteiger partial charge in [-0.1, -0.05) is 18.2 Å². The normalized spacial score (nSPS) is 15.6. The molecular weight excluding hydrogens is 266 g/mol. The van der Waals surface area contributed by atoms with E-state index in [4.69, 9.17) is 15.2 Å². The molecule has 108 valence electrons. The third-order valence-corrected chi connectivity index (χ3v) is 3.53. The Morgan fingerprint density at radius 2 is 1.95 bits per heavy atom. The first-order chi connectivity index (χ1) is 10.3. The minimum atomic E-state index is -0.186. The minimum Gasteiger partial charge on any atom is -0.493 e. The number of carbonyl (C=O) groups excluding carboxylic acids is 1. The topological polar surface area (TPSA) is 61.6 Å². The summed E-state index contributed by atoms with van der Waals surface area (Å²) in [5.74, 6) is 2.25. The van der Waals surface area contributed by atoms with Crippen molar-refractivity contribution >= 4 is 6.29 Å². The van der Waals surface area contributed by atoms with Gasteiger partial charge in [0.05, 0.1) is 12.6 Å². The van der Waals surface area contributed by atoms with Gasteiger partial charge in [-0.25, -0.2) is 0 Å². The first-order valence-electron chi connectivity index (χ1n) is 7.02. The summed E-state index contributed by atoms with van der Waals surface area (Å²) >= 11 is 0. The van der Waals surface area contributed by atoms with E-state index < -0.39 is 0 Å². The van der Waals surface area contributed by atoms with Crippen molar-refractivity contribution in [3.8, 4) is 17.2 Å². The third-order valence-electron chi connectivity index (χ3n) is 3.53. The van der Waals surface area contributed by atoms with Crippen molar-refractivity contribution < 1.29 is 14.3 Å². The average molecular weight is 283 g/mol. The summed E-state index contributed by atoms with van der Waals surface area (Å²) in [5, 5.41) is 0. The molecule has 4 nitrogen and oxygen atoms in total. The van der Waals surface area contributed by atoms with Gasteiger partial charge in [-0.05, 0) is 24.6 Å². The number of nitrogens with two attached hydrogens (primary N) is 1. The molecule has 0 amide bonds. The van der Waals surface area contributed by atoms with Crippen molar-refractivity contribution in [2.75, 3.05) is 6.61 Å². The lowest BCUT2D eigenvalue weighted by Crippen LogP contribution is -2.17. The van der Waals surface area contributed by atoms with Gasteiger partial charge in [-0.15, -0.1) is 0 Å². The first kappa shape index (κ1) is 13.6. The van der Waals surface area contributed by atoms with Crippen LogP contribution in [0.1, 0.15) is 30.0 Å². The molecule has 0 radical (unpaired) electrons. The Bertz CT molecular complexity index is 654. The summed E-state index contributed by atoms with van der Waals surface area (Å²) in [6.07, 6.45) is 2.12. The Morgan fingerprint density at radius 1 is 1.14 bits per heavy atom. The SMILES string of the molecule is NC1c2ccccc2Oc2cc(OCCCC=O)ccc21. The number of rotatable bonds is 5. The van der Waals surface area contributed by atoms with E-state index in [2.05, 4.69) is 0 Å². The molecule has 1 atom stereocenters. The molecule has 0 spiro atoms. The molecule has 4 heteroatoms. The highest BCUT2D eigenvalue weighted by atomic mass is 16.5. The number of carbonyl (C=O) groups is 1. The van der Waals surface area contributed by atoms with Gasteiger partial charge in [-0.3, -0.25) is 0 Å². The molecule has 0 aromatic heterocycles. The molecule has 1 heterocycles. The van der Waals surface area contributed by atoms with Crippen LogP contribution in [0.3, 0.4) is 0 Å². The van der Waals surface area contributed by atoms with Crippen LogP contribution in [0.5, 0.6) is 17.2 Å². The fourth-order valence-electron chi connectivity index (χ4n) is 2.42. The van der Waals surface area contributed by atoms with Gasteiger partial charge < -0.3 is 20.0 Å². The second-order valence-electron chi connectivity index (χ2n) is 4.97. The lowest BCUT2D eigenvalue weighted by Gasteiger charge is -2.25. The Labute approximate surface area is 123 Å². The third kappa shape index (κ3) is 2.76. The van der Waals surface area contributed by atoms with Crippen molar-refractivity contribution in [1.29, 1.82) is 0 Å². The Kier molecular flexibility index (Phi) is 3.88. The van der Waals surface area contributed by atoms with E-state index in [1.165, 1.54) is 0 Å². The van der Waals surface area contributed by atoms with Crippen molar-refractivity contribution in [1.82, 2.24) is 0 Å². The molecule has 0 fully saturated rings. The van der Waals surface area contributed by atoms with E-state index in [9.17, 15) is 4.79 Å². The second-order valence-corrected chi connectivity index (χ2v) is 4.97. The Hall–Kier alpha value is -2.33. The van der Waals surface area contributed by atoms with Crippen LogP contribution in [0.4, 0.5) is 0 Å². The summed E-state index contributed by atoms with van der Waals surface area (Å²) in [6.45, 7) is 0.514. The van der Waals surface area contributed by atoms with Gasteiger partial charge in [-0.2, -0.15) is 0 Å². The molecule has 1 aliphatic rings. The van der Waals surface area contributed by atoms with Crippen LogP contribution in [-0.4, -0.2) is 12.9 Å². The predicted octanol–water partition coefficient (Wildman–Crippen LogP) is 3.20. The fourth-order valence-corrected chi connectivity index (χ4v) is 2.42. The average Bonchev–Trinajstić information content (AvgIpc) is 2.52. The van der Waals surface area contributed by atoms with Gasteiger partial charge in [0.25, 0.3) is 0 Å². The largest absolute Gasteiger partial charge is 0.493 e. The van der Waals surface area contributed by atoms with E-state index in [-0.39, 0.29) is 6.04 Å². The zero-order valence-corrected chi connectivity index (χ0v) is 11.6. The van der Waals surface area contributed by atoms with Crippen LogP contribution in [0, 0.1) is 0 Å². The summed E-state index contributed by atoms with van der Waals surface area (Å²) in [7, 11) is 0. The van der Waals surface area contributed by atoms with Crippen LogP contribution in [0.15, 0.2) is 42.5 Å². The molecule has 2 aromatic rings. The molecule has 1 unspecified atom stereocenters. The van der Waals surface area contributed by atoms with Crippen LogP contribution in [-0.2, 0) is 4.79 Å². The molecule has 2 aromatic carbocycles. The molecule has 1 aliphatic heterocycles. The number of benzene rings is 2. The quantitative estimate of drug-likeness (QED) is 0.676. The van der Waals surface area contributed by atoms with Crippen molar-refractivity contribution in [2.45, 2.75) is 18.9 Å². The maximum Gasteiger partial charge on any atom is 0.136 e. The number of aldehydes is 1. The number of para-hydroxylation sites is 1. The van der Waals surface area contributed by atoms with Gasteiger partial charge in [0, 0.05) is 23.6 Å². The molecule has 0 saturated carbocycles. The maximum atomic E-state index is 10.3. The van der Waals surface area contributed by atoms with Crippen LogP contribution in [0.2, 0.25) is 0 Å². The van der Waals surface area contributed by atoms with Crippen LogP contribution < -0.4 is 15.2 Å². The van der Waals surface area contributed by atoms with Crippen LogP contribution >= 0.6 is 0 Å². The standard InChI is InChI=1S/C17H17NO3/c18-17-13-5-1-2-6-15(13)21-16-11-12(7-8-14(16)17)20-10-4-3-9-19/h1-2,5-9,11,17H,3-4,10,18H2. The molecule has 0 saturated heterocycles. The lowest BCUT2D eigenvalue weighted by molar-refractivity contribution is -0.108. The molecule has 0 aliphatic carbocycles. The van der Waals surface area contributed by atoms with E-state index in [1.54, 1.807) is 0 Å². The van der Waals surface area contributed by atoms with Gasteiger partial charge in [0.1, 0.15) is 23.5 Å². The Balaban J connectivity index is 1.79. The van der Waals surface area contributed by atoms with Crippen LogP contribution in [0.25, 0.3) is 0 Å². The van der Waals surface area contributed by atoms with Crippen molar-refractivity contribution in [3.05, 3.63) is 53.6 Å². The number of hydrogen-bond donors (Lipinski definition) is 1. The molecular formula is C17H17NO3. The molecule has 21 heavy (non-hydrogen) atoms. The Morgan fingerprint density at radius 3 is 2.81 bits per heavy atom. The summed E-state index contributed by atoms with van der Waals surface area (Å²) < 4.78 is 11.5. The number of fused-ring (bicyclic) bond motifs is 2. The molecule has 0 bridgehead atoms. The highest BCUT2D eigenvalue weighted by molar-refractivity contribution is 5.54. The first-order valence-corrected chi connectivity index (χ1v) is 7.02. The van der Waals surface area contributed by atoms with Gasteiger partial charge in [0.15, 0.2) is 0 Å². The zero-order valence-electron chi connectivity index (χ0n) is 11.6. The van der Waals surface area contributed by atoms with E-state index in [0.29, 0.717) is 19.4 Å². The number of hydrogen-bond acceptors (Lipinski definition) is 4. The van der Waals surface area contributed by atoms with Gasteiger partial charge in [0.2, 0.25) is 0 Å². The number of ether oxygens (including phenoxy) is 2. The highest BCUT2D eigenvalue weighted by Crippen LogP contribution is 2.42. The second kappa shape index (κ2) is 5.97. The van der Waals surface area contributed by atoms with Gasteiger partial charge >= 0.3 is 0 Å². The summed E-state index contributed by atoms with van der Waals surface area (Å²) in [6, 6.07) is 13.3. The summed E-state index contributed by atoms with van der Waals surface area (Å²) in [4.78, 5) is 10.3. The highest BCUT2D eigenvalue weighted by Gasteiger charge is 2.24. The maximum absolute atomic E-state index is 10.3. The zero-order chi connectivity index (χ0) is 14.7. The molecule has 3 rings (SSSR count). The minimum absolute atomic E-state index is 0.186. The molecule has 2 N–H and O–H groups in total. The van der Waals surface area contributed by atoms with Crippen molar-refractivity contribution in [2.24, 2.45) is 5.73 Å². The monoisotopic (exact) mass is 283 g/mol.